The molecule has 0 N–H and O–H groups in total. The first-order valence-corrected chi connectivity index (χ1v) is 3.98. The summed E-state index contributed by atoms with van der Waals surface area (Å²) in [5.74, 6) is 0.458. The first-order valence-electron chi connectivity index (χ1n) is 3.98. The number of nitrogens with zero attached hydrogens (tertiary/aromatic N) is 1. The Morgan fingerprint density at radius 3 is 2.20 bits per heavy atom. The van der Waals surface area contributed by atoms with Crippen LogP contribution < -0.4 is 0 Å². The molecule has 0 fully saturated rings. The minimum Gasteiger partial charge on any atom is -0.146 e. The molecule has 2 heteroatoms. The van der Waals surface area contributed by atoms with Gasteiger partial charge in [0.05, 0.1) is 0 Å². The molecule has 0 radical (unpaired) electrons. The lowest BCUT2D eigenvalue weighted by atomic mass is 9.99. The topological polar surface area (TPSA) is 3.24 Å². The number of hydrogen-bond donors (Lipinski definition) is 0. The van der Waals surface area contributed by atoms with Gasteiger partial charge in [-0.15, -0.1) is 9.60 Å². The molecule has 0 aliphatic heterocycles. The highest BCUT2D eigenvalue weighted by atomic mass is 19.2. The van der Waals surface area contributed by atoms with Crippen molar-refractivity contribution in [2.75, 3.05) is 7.05 Å². The molecule has 2 atom stereocenters. The van der Waals surface area contributed by atoms with Crippen LogP contribution in [0.4, 0.5) is 4.48 Å². The zero-order chi connectivity index (χ0) is 8.15. The second kappa shape index (κ2) is 4.67. The van der Waals surface area contributed by atoms with Crippen molar-refractivity contribution in [3.8, 4) is 0 Å². The number of hydrogen-bond acceptors (Lipinski definition) is 1. The molecule has 1 nitrogen and oxygen atoms in total. The highest BCUT2D eigenvalue weighted by Crippen LogP contribution is 2.14. The van der Waals surface area contributed by atoms with E-state index in [1.54, 1.807) is 0 Å². The Hall–Kier alpha value is -0.110. The second-order valence-electron chi connectivity index (χ2n) is 3.03. The molecule has 0 aromatic rings. The zero-order valence-electron chi connectivity index (χ0n) is 7.39. The van der Waals surface area contributed by atoms with Gasteiger partial charge in [-0.05, 0) is 19.3 Å². The summed E-state index contributed by atoms with van der Waals surface area (Å²) in [6.07, 6.45) is 2.24. The molecule has 0 heterocycles. The molecule has 0 amide bonds. The molecular formula is C8H18FN. The van der Waals surface area contributed by atoms with Crippen molar-refractivity contribution in [1.82, 2.24) is 5.12 Å². The van der Waals surface area contributed by atoms with E-state index in [4.69, 9.17) is 0 Å². The molecule has 0 spiro atoms. The number of rotatable bonds is 4. The predicted octanol–water partition coefficient (Wildman–Crippen LogP) is 2.63. The Morgan fingerprint density at radius 2 is 1.90 bits per heavy atom. The maximum Gasteiger partial charge on any atom is 0.0396 e. The van der Waals surface area contributed by atoms with Gasteiger partial charge < -0.3 is 0 Å². The van der Waals surface area contributed by atoms with Gasteiger partial charge in [0.25, 0.3) is 0 Å². The normalized spacial score (nSPS) is 17.4. The van der Waals surface area contributed by atoms with Gasteiger partial charge in [-0.1, -0.05) is 20.3 Å². The van der Waals surface area contributed by atoms with Crippen LogP contribution in [0.5, 0.6) is 0 Å². The Morgan fingerprint density at radius 1 is 1.40 bits per heavy atom. The standard InChI is InChI=1S/C8H18FN/c1-5-6-7(2)8(3)10(4)9/h7-8H,5-6H2,1-4H3. The third-order valence-electron chi connectivity index (χ3n) is 2.13. The summed E-state index contributed by atoms with van der Waals surface area (Å²) in [6.45, 7) is 6.13. The summed E-state index contributed by atoms with van der Waals surface area (Å²) in [5, 5.41) is 0.792. The molecule has 0 rings (SSSR count). The molecule has 0 aliphatic carbocycles. The minimum absolute atomic E-state index is 0.0555. The van der Waals surface area contributed by atoms with E-state index in [1.807, 2.05) is 6.92 Å². The van der Waals surface area contributed by atoms with Gasteiger partial charge in [0.15, 0.2) is 0 Å². The van der Waals surface area contributed by atoms with E-state index < -0.39 is 0 Å². The fraction of sp³-hybridized carbons (Fsp3) is 1.00. The third-order valence-corrected chi connectivity index (χ3v) is 2.13. The van der Waals surface area contributed by atoms with E-state index in [9.17, 15) is 4.48 Å². The second-order valence-corrected chi connectivity index (χ2v) is 3.03. The molecule has 62 valence electrons. The lowest BCUT2D eigenvalue weighted by molar-refractivity contribution is -0.00733. The SMILES string of the molecule is CCCC(C)C(C)N(C)F. The summed E-state index contributed by atoms with van der Waals surface area (Å²) < 4.78 is 12.5. The maximum atomic E-state index is 12.5. The van der Waals surface area contributed by atoms with Crippen LogP contribution in [0.25, 0.3) is 0 Å². The van der Waals surface area contributed by atoms with Gasteiger partial charge >= 0.3 is 0 Å². The van der Waals surface area contributed by atoms with E-state index >= 15 is 0 Å². The fourth-order valence-corrected chi connectivity index (χ4v) is 1.05. The van der Waals surface area contributed by atoms with E-state index in [1.165, 1.54) is 7.05 Å². The highest BCUT2D eigenvalue weighted by molar-refractivity contribution is 4.64. The first kappa shape index (κ1) is 9.89. The summed E-state index contributed by atoms with van der Waals surface area (Å²) in [4.78, 5) is 0. The molecular weight excluding hydrogens is 129 g/mol. The van der Waals surface area contributed by atoms with Crippen LogP contribution >= 0.6 is 0 Å². The third kappa shape index (κ3) is 3.16. The molecule has 0 saturated carbocycles. The predicted molar refractivity (Wildman–Crippen MR) is 42.4 cm³/mol. The van der Waals surface area contributed by atoms with Crippen LogP contribution in [-0.4, -0.2) is 18.2 Å². The molecule has 2 unspecified atom stereocenters. The van der Waals surface area contributed by atoms with Crippen molar-refractivity contribution in [2.45, 2.75) is 39.7 Å². The molecule has 10 heavy (non-hydrogen) atoms. The van der Waals surface area contributed by atoms with Crippen molar-refractivity contribution >= 4 is 0 Å². The average molecular weight is 147 g/mol. The Balaban J connectivity index is 3.58. The van der Waals surface area contributed by atoms with Gasteiger partial charge in [-0.2, -0.15) is 0 Å². The molecule has 0 aliphatic rings. The smallest absolute Gasteiger partial charge is 0.0396 e. The summed E-state index contributed by atoms with van der Waals surface area (Å²) >= 11 is 0. The Bertz CT molecular complexity index is 83.3. The van der Waals surface area contributed by atoms with Gasteiger partial charge in [-0.25, -0.2) is 0 Å². The minimum atomic E-state index is 0.0555. The van der Waals surface area contributed by atoms with Crippen molar-refractivity contribution < 1.29 is 4.48 Å². The maximum absolute atomic E-state index is 12.5. The van der Waals surface area contributed by atoms with E-state index in [2.05, 4.69) is 13.8 Å². The van der Waals surface area contributed by atoms with Crippen molar-refractivity contribution in [2.24, 2.45) is 5.92 Å². The van der Waals surface area contributed by atoms with Crippen LogP contribution in [-0.2, 0) is 0 Å². The van der Waals surface area contributed by atoms with Crippen LogP contribution in [0.15, 0.2) is 0 Å². The fourth-order valence-electron chi connectivity index (χ4n) is 1.05. The van der Waals surface area contributed by atoms with E-state index in [-0.39, 0.29) is 6.04 Å². The largest absolute Gasteiger partial charge is 0.146 e. The van der Waals surface area contributed by atoms with Gasteiger partial charge in [0.2, 0.25) is 0 Å². The van der Waals surface area contributed by atoms with Gasteiger partial charge in [0, 0.05) is 13.1 Å². The van der Waals surface area contributed by atoms with Crippen molar-refractivity contribution in [3.05, 3.63) is 0 Å². The van der Waals surface area contributed by atoms with Crippen molar-refractivity contribution in [3.63, 3.8) is 0 Å². The molecule has 0 saturated heterocycles. The van der Waals surface area contributed by atoms with Crippen LogP contribution in [0.2, 0.25) is 0 Å². The summed E-state index contributed by atoms with van der Waals surface area (Å²) in [6, 6.07) is 0.0555. The van der Waals surface area contributed by atoms with E-state index in [0.717, 1.165) is 18.0 Å². The summed E-state index contributed by atoms with van der Waals surface area (Å²) in [5.41, 5.74) is 0. The van der Waals surface area contributed by atoms with Crippen LogP contribution in [0, 0.1) is 5.92 Å². The Labute approximate surface area is 63.2 Å². The van der Waals surface area contributed by atoms with Crippen LogP contribution in [0.3, 0.4) is 0 Å². The molecule has 0 aromatic heterocycles. The average Bonchev–Trinajstić information content (AvgIpc) is 1.87. The molecule has 0 bridgehead atoms. The number of halogens is 1. The monoisotopic (exact) mass is 147 g/mol. The first-order chi connectivity index (χ1) is 4.59. The van der Waals surface area contributed by atoms with Crippen LogP contribution in [0.1, 0.15) is 33.6 Å². The summed E-state index contributed by atoms with van der Waals surface area (Å²) in [7, 11) is 1.48. The highest BCUT2D eigenvalue weighted by Gasteiger charge is 2.14. The van der Waals surface area contributed by atoms with Crippen molar-refractivity contribution in [1.29, 1.82) is 0 Å². The zero-order valence-corrected chi connectivity index (χ0v) is 7.39. The quantitative estimate of drug-likeness (QED) is 0.552. The molecule has 0 aromatic carbocycles. The van der Waals surface area contributed by atoms with Gasteiger partial charge in [0.1, 0.15) is 0 Å². The van der Waals surface area contributed by atoms with Gasteiger partial charge in [-0.3, -0.25) is 0 Å². The lowest BCUT2D eigenvalue weighted by Gasteiger charge is -2.21. The van der Waals surface area contributed by atoms with E-state index in [0.29, 0.717) is 5.92 Å². The lowest BCUT2D eigenvalue weighted by Crippen LogP contribution is -2.27. The Kier molecular flexibility index (Phi) is 4.62.